The molecule has 0 N–H and O–H groups in total. The fourth-order valence-electron chi connectivity index (χ4n) is 11.3. The molecule has 0 bridgehead atoms. The molecule has 0 spiro atoms. The van der Waals surface area contributed by atoms with Crippen molar-refractivity contribution in [2.45, 2.75) is 99.8 Å². The van der Waals surface area contributed by atoms with Gasteiger partial charge in [0.15, 0.2) is 40.0 Å². The van der Waals surface area contributed by atoms with E-state index < -0.39 is 12.0 Å². The molecule has 0 fully saturated rings. The van der Waals surface area contributed by atoms with E-state index in [0.717, 1.165) is 112 Å². The molecule has 11 aromatic rings. The highest BCUT2D eigenvalue weighted by molar-refractivity contribution is 6.12. The number of aryl methyl sites for hydroxylation is 3. The minimum absolute atomic E-state index is 0.123. The smallest absolute Gasteiger partial charge is 0.227 e. The molecule has 3 atom stereocenters. The van der Waals surface area contributed by atoms with E-state index in [2.05, 4.69) is 160 Å². The lowest BCUT2D eigenvalue weighted by atomic mass is 10.1. The van der Waals surface area contributed by atoms with Crippen molar-refractivity contribution in [1.82, 2.24) is 29.8 Å². The van der Waals surface area contributed by atoms with Gasteiger partial charge >= 0.3 is 0 Å². The first-order valence-corrected chi connectivity index (χ1v) is 25.5. The molecule has 9 heterocycles. The Kier molecular flexibility index (Phi) is 11.0. The zero-order chi connectivity index (χ0) is 53.8. The fourth-order valence-corrected chi connectivity index (χ4v) is 11.3. The Morgan fingerprint density at radius 1 is 0.440 bits per heavy atom. The van der Waals surface area contributed by atoms with Gasteiger partial charge in [-0.15, -0.1) is 0 Å². The van der Waals surface area contributed by atoms with Gasteiger partial charge in [0.2, 0.25) is 5.71 Å². The Labute approximate surface area is 438 Å². The van der Waals surface area contributed by atoms with E-state index in [1.165, 1.54) is 5.56 Å². The van der Waals surface area contributed by atoms with Crippen LogP contribution in [-0.2, 0) is 0 Å². The zero-order valence-electron chi connectivity index (χ0n) is 46.2. The molecule has 0 saturated carbocycles. The molecule has 3 aliphatic heterocycles. The van der Waals surface area contributed by atoms with Gasteiger partial charge in [0.25, 0.3) is 0 Å². The predicted octanol–water partition coefficient (Wildman–Crippen LogP) is 14.7. The first kappa shape index (κ1) is 45.0. The van der Waals surface area contributed by atoms with E-state index in [1.54, 1.807) is 31.0 Å². The Balaban J connectivity index is 0.000000117. The highest BCUT2D eigenvalue weighted by Crippen LogP contribution is 2.49. The number of nitrogens with zero attached hydrogens (tertiary/aromatic N) is 11. The van der Waals surface area contributed by atoms with Crippen LogP contribution in [0.15, 0.2) is 154 Å². The van der Waals surface area contributed by atoms with Crippen LogP contribution >= 0.6 is 0 Å². The van der Waals surface area contributed by atoms with Crippen LogP contribution < -0.4 is 24.5 Å². The number of furan rings is 3. The third kappa shape index (κ3) is 7.55. The summed E-state index contributed by atoms with van der Waals surface area (Å²) < 4.78 is 36.0. The van der Waals surface area contributed by atoms with E-state index in [4.69, 9.17) is 16.0 Å². The van der Waals surface area contributed by atoms with Crippen LogP contribution in [0.1, 0.15) is 67.9 Å². The van der Waals surface area contributed by atoms with Crippen molar-refractivity contribution in [3.05, 3.63) is 157 Å². The normalized spacial score (nSPS) is 17.8. The van der Waals surface area contributed by atoms with Crippen molar-refractivity contribution < 1.29 is 16.0 Å². The molecule has 14 nitrogen and oxygen atoms in total. The van der Waals surface area contributed by atoms with Crippen molar-refractivity contribution in [2.24, 2.45) is 0 Å². The van der Waals surface area contributed by atoms with E-state index in [-0.39, 0.29) is 18.5 Å². The van der Waals surface area contributed by atoms with Gasteiger partial charge in [0.05, 0.1) is 19.8 Å². The molecule has 14 rings (SSSR count). The van der Waals surface area contributed by atoms with Gasteiger partial charge < -0.3 is 32.9 Å². The van der Waals surface area contributed by atoms with E-state index in [1.807, 2.05) is 80.0 Å². The first-order valence-electron chi connectivity index (χ1n) is 26.5. The molecule has 0 aliphatic carbocycles. The van der Waals surface area contributed by atoms with Gasteiger partial charge in [-0.1, -0.05) is 72.8 Å². The molecule has 378 valence electrons. The topological polar surface area (TPSA) is 123 Å². The second-order valence-corrected chi connectivity index (χ2v) is 20.0. The molecule has 75 heavy (non-hydrogen) atoms. The lowest BCUT2D eigenvalue weighted by Crippen LogP contribution is -2.42. The molecule has 6 aromatic heterocycles. The second-order valence-electron chi connectivity index (χ2n) is 20.0. The standard InChI is InChI=1S/2C22H22N4O.C17H17N3O/c2*1-13(2)25-15(4)26(22-21(25)23-11-12-24-22)19-14(3)9-10-17-16-7-5-6-8-18(16)27-20(17)19;1-11-6-7-13-14-5-4-8-18-17(14)21-16(13)15(11)20-10-9-19(3)12(20)2/h2*5-13,15H,1-4H3;4-10,12H,1-3H3/i2*13D;. The number of benzene rings is 5. The third-order valence-electron chi connectivity index (χ3n) is 14.9. The van der Waals surface area contributed by atoms with Gasteiger partial charge in [0.1, 0.15) is 29.7 Å². The van der Waals surface area contributed by atoms with Gasteiger partial charge in [-0.2, -0.15) is 0 Å². The number of para-hydroxylation sites is 2. The van der Waals surface area contributed by atoms with Crippen LogP contribution in [-0.4, -0.2) is 67.4 Å². The summed E-state index contributed by atoms with van der Waals surface area (Å²) in [5.41, 5.74) is 11.5. The van der Waals surface area contributed by atoms with E-state index in [9.17, 15) is 0 Å². The molecular weight excluding hydrogens is 935 g/mol. The molecule has 14 heteroatoms. The van der Waals surface area contributed by atoms with E-state index >= 15 is 0 Å². The van der Waals surface area contributed by atoms with Crippen molar-refractivity contribution in [3.63, 3.8) is 0 Å². The highest BCUT2D eigenvalue weighted by atomic mass is 16.3. The Morgan fingerprint density at radius 2 is 0.867 bits per heavy atom. The third-order valence-corrected chi connectivity index (χ3v) is 14.9. The summed E-state index contributed by atoms with van der Waals surface area (Å²) in [6, 6.07) is 31.3. The van der Waals surface area contributed by atoms with Crippen LogP contribution in [0.3, 0.4) is 0 Å². The molecule has 3 unspecified atom stereocenters. The molecular formula is C61H61N11O3. The van der Waals surface area contributed by atoms with Crippen molar-refractivity contribution in [2.75, 3.05) is 31.5 Å². The summed E-state index contributed by atoms with van der Waals surface area (Å²) in [5, 5.41) is 6.55. The van der Waals surface area contributed by atoms with Crippen LogP contribution in [0.5, 0.6) is 0 Å². The van der Waals surface area contributed by atoms with Crippen LogP contribution in [0.4, 0.5) is 40.3 Å². The molecule has 0 amide bonds. The predicted molar refractivity (Wildman–Crippen MR) is 305 cm³/mol. The Morgan fingerprint density at radius 3 is 1.33 bits per heavy atom. The summed E-state index contributed by atoms with van der Waals surface area (Å²) in [6.45, 7) is 20.1. The first-order chi connectivity index (χ1) is 36.9. The maximum Gasteiger partial charge on any atom is 0.227 e. The highest BCUT2D eigenvalue weighted by Gasteiger charge is 2.41. The number of hydrogen-bond donors (Lipinski definition) is 0. The maximum absolute atomic E-state index is 8.66. The second kappa shape index (κ2) is 18.4. The number of anilines is 7. The number of aromatic nitrogens is 5. The molecule has 3 aliphatic rings. The average Bonchev–Trinajstić information content (AvgIpc) is 4.44. The van der Waals surface area contributed by atoms with Crippen molar-refractivity contribution >= 4 is 106 Å². The van der Waals surface area contributed by atoms with E-state index in [0.29, 0.717) is 5.71 Å². The lowest BCUT2D eigenvalue weighted by Gasteiger charge is -2.32. The fraction of sp³-hybridized carbons (Fsp3) is 0.262. The summed E-state index contributed by atoms with van der Waals surface area (Å²) >= 11 is 0. The number of rotatable bonds is 5. The van der Waals surface area contributed by atoms with Crippen LogP contribution in [0.25, 0.3) is 65.9 Å². The van der Waals surface area contributed by atoms with Crippen molar-refractivity contribution in [3.8, 4) is 0 Å². The Bertz CT molecular complexity index is 3930. The SMILES string of the molecule is Cc1ccc2c(oc3ncccc32)c1N1C=CN(C)C1C.[2H]C(C)(C)N1c2nccnc2N(c2c(C)ccc3c2oc2ccccc23)C1C.[2H]C(C)(C)N1c2nccnc2N(c2c(C)ccc3c2oc2ccccc23)C1C. The van der Waals surface area contributed by atoms with Crippen molar-refractivity contribution in [1.29, 1.82) is 0 Å². The van der Waals surface area contributed by atoms with Gasteiger partial charge in [-0.25, -0.2) is 24.9 Å². The quantitative estimate of drug-likeness (QED) is 0.162. The average molecular weight is 998 g/mol. The van der Waals surface area contributed by atoms with Gasteiger partial charge in [0, 0.05) is 94.8 Å². The molecule has 0 radical (unpaired) electrons. The summed E-state index contributed by atoms with van der Waals surface area (Å²) in [4.78, 5) is 35.4. The van der Waals surface area contributed by atoms with Gasteiger partial charge in [-0.3, -0.25) is 9.80 Å². The number of fused-ring (bicyclic) bond motifs is 11. The molecule has 5 aromatic carbocycles. The number of hydrogen-bond acceptors (Lipinski definition) is 14. The Hall–Kier alpha value is -8.65. The molecule has 0 saturated heterocycles. The van der Waals surface area contributed by atoms with Crippen LogP contribution in [0, 0.1) is 20.8 Å². The lowest BCUT2D eigenvalue weighted by molar-refractivity contribution is 0.383. The van der Waals surface area contributed by atoms with Gasteiger partial charge in [-0.05, 0) is 110 Å². The summed E-state index contributed by atoms with van der Waals surface area (Å²) in [5.74, 6) is 2.96. The largest absolute Gasteiger partial charge is 0.454 e. The monoisotopic (exact) mass is 998 g/mol. The zero-order valence-corrected chi connectivity index (χ0v) is 44.2. The summed E-state index contributed by atoms with van der Waals surface area (Å²) in [6.07, 6.45) is 12.8. The number of pyridine rings is 1. The maximum atomic E-state index is 8.66. The van der Waals surface area contributed by atoms with Crippen LogP contribution in [0.2, 0.25) is 0 Å². The summed E-state index contributed by atoms with van der Waals surface area (Å²) in [7, 11) is 2.08. The minimum Gasteiger partial charge on any atom is -0.454 e. The minimum atomic E-state index is -0.839.